The average Bonchev–Trinajstić information content (AvgIpc) is 2.75. The number of fused-ring (bicyclic) bond motifs is 1. The van der Waals surface area contributed by atoms with Crippen LogP contribution in [-0.2, 0) is 5.54 Å². The van der Waals surface area contributed by atoms with Crippen LogP contribution in [0, 0.1) is 6.92 Å². The number of aryl methyl sites for hydroxylation is 1. The molecule has 0 unspecified atom stereocenters. The Bertz CT molecular complexity index is 907. The van der Waals surface area contributed by atoms with E-state index in [2.05, 4.69) is 30.7 Å². The monoisotopic (exact) mass is 348 g/mol. The lowest BCUT2D eigenvalue weighted by atomic mass is 10.0. The zero-order valence-electron chi connectivity index (χ0n) is 13.5. The molecule has 2 N–H and O–H groups in total. The molecule has 23 heavy (non-hydrogen) atoms. The number of aromatic nitrogens is 3. The fourth-order valence-electron chi connectivity index (χ4n) is 2.80. The third kappa shape index (κ3) is 2.56. The molecule has 0 saturated heterocycles. The second-order valence-electron chi connectivity index (χ2n) is 6.61. The molecule has 6 heteroatoms. The zero-order chi connectivity index (χ0) is 16.9. The van der Waals surface area contributed by atoms with Gasteiger partial charge in [0.1, 0.15) is 22.9 Å². The number of rotatable bonds is 1. The second kappa shape index (κ2) is 5.39. The highest BCUT2D eigenvalue weighted by atomic mass is 35.5. The predicted molar refractivity (Wildman–Crippen MR) is 97.1 cm³/mol. The predicted octanol–water partition coefficient (Wildman–Crippen LogP) is 5.05. The molecule has 0 aliphatic rings. The number of nitrogens with zero attached hydrogens (tertiary/aromatic N) is 3. The van der Waals surface area contributed by atoms with Crippen molar-refractivity contribution < 1.29 is 0 Å². The summed E-state index contributed by atoms with van der Waals surface area (Å²) in [7, 11) is 0. The molecule has 0 spiro atoms. The summed E-state index contributed by atoms with van der Waals surface area (Å²) in [6.07, 6.45) is 1.46. The van der Waals surface area contributed by atoms with Gasteiger partial charge in [0.2, 0.25) is 0 Å². The Hall–Kier alpha value is -1.78. The molecule has 0 radical (unpaired) electrons. The Morgan fingerprint density at radius 2 is 1.83 bits per heavy atom. The lowest BCUT2D eigenvalue weighted by molar-refractivity contribution is 0.409. The highest BCUT2D eigenvalue weighted by Gasteiger charge is 2.27. The molecule has 3 aromatic rings. The van der Waals surface area contributed by atoms with Crippen molar-refractivity contribution in [1.29, 1.82) is 0 Å². The van der Waals surface area contributed by atoms with Crippen molar-refractivity contribution in [3.63, 3.8) is 0 Å². The van der Waals surface area contributed by atoms with Crippen LogP contribution >= 0.6 is 23.2 Å². The number of nitrogens with two attached hydrogens (primary N) is 1. The minimum Gasteiger partial charge on any atom is -0.383 e. The van der Waals surface area contributed by atoms with Crippen molar-refractivity contribution in [2.75, 3.05) is 5.73 Å². The Balaban J connectivity index is 2.51. The van der Waals surface area contributed by atoms with Gasteiger partial charge in [-0.1, -0.05) is 34.8 Å². The number of anilines is 1. The molecule has 2 heterocycles. The number of hydrogen-bond acceptors (Lipinski definition) is 3. The first kappa shape index (κ1) is 16.1. The van der Waals surface area contributed by atoms with Crippen molar-refractivity contribution in [2.45, 2.75) is 33.2 Å². The lowest BCUT2D eigenvalue weighted by Crippen LogP contribution is -2.22. The smallest absolute Gasteiger partial charge is 0.147 e. The van der Waals surface area contributed by atoms with Crippen molar-refractivity contribution in [3.05, 3.63) is 40.3 Å². The Labute approximate surface area is 145 Å². The van der Waals surface area contributed by atoms with E-state index in [-0.39, 0.29) is 5.54 Å². The summed E-state index contributed by atoms with van der Waals surface area (Å²) in [4.78, 5) is 8.55. The maximum atomic E-state index is 6.75. The SMILES string of the molecule is Cc1ccc(Cl)c(-c2c(Cl)n(C(C)(C)C)c3ncnc(N)c23)c1. The van der Waals surface area contributed by atoms with Gasteiger partial charge in [0.05, 0.1) is 5.39 Å². The van der Waals surface area contributed by atoms with Crippen LogP contribution in [0.15, 0.2) is 24.5 Å². The van der Waals surface area contributed by atoms with E-state index in [9.17, 15) is 0 Å². The fourth-order valence-corrected chi connectivity index (χ4v) is 3.54. The van der Waals surface area contributed by atoms with E-state index < -0.39 is 0 Å². The number of hydrogen-bond donors (Lipinski definition) is 1. The third-order valence-electron chi connectivity index (χ3n) is 3.78. The van der Waals surface area contributed by atoms with Crippen LogP contribution in [0.1, 0.15) is 26.3 Å². The summed E-state index contributed by atoms with van der Waals surface area (Å²) in [6.45, 7) is 8.21. The first-order valence-electron chi connectivity index (χ1n) is 7.29. The van der Waals surface area contributed by atoms with Crippen LogP contribution in [-0.4, -0.2) is 14.5 Å². The van der Waals surface area contributed by atoms with Crippen LogP contribution in [0.3, 0.4) is 0 Å². The van der Waals surface area contributed by atoms with Crippen molar-refractivity contribution >= 4 is 40.1 Å². The van der Waals surface area contributed by atoms with Crippen molar-refractivity contribution in [3.8, 4) is 11.1 Å². The molecule has 0 amide bonds. The highest BCUT2D eigenvalue weighted by molar-refractivity contribution is 6.38. The molecule has 1 aromatic carbocycles. The summed E-state index contributed by atoms with van der Waals surface area (Å²) in [5, 5.41) is 1.92. The van der Waals surface area contributed by atoms with Crippen LogP contribution < -0.4 is 5.73 Å². The van der Waals surface area contributed by atoms with Gasteiger partial charge in [-0.25, -0.2) is 9.97 Å². The molecule has 0 aliphatic carbocycles. The number of nitrogen functional groups attached to an aromatic ring is 1. The molecule has 0 aliphatic heterocycles. The number of benzene rings is 1. The zero-order valence-corrected chi connectivity index (χ0v) is 15.0. The van der Waals surface area contributed by atoms with E-state index in [0.29, 0.717) is 21.6 Å². The summed E-state index contributed by atoms with van der Waals surface area (Å²) in [6, 6.07) is 5.83. The van der Waals surface area contributed by atoms with Gasteiger partial charge in [0, 0.05) is 21.7 Å². The van der Waals surface area contributed by atoms with E-state index >= 15 is 0 Å². The van der Waals surface area contributed by atoms with Crippen molar-refractivity contribution in [1.82, 2.24) is 14.5 Å². The molecule has 0 bridgehead atoms. The molecule has 0 fully saturated rings. The summed E-state index contributed by atoms with van der Waals surface area (Å²) in [5.74, 6) is 0.396. The Morgan fingerprint density at radius 1 is 1.13 bits per heavy atom. The Morgan fingerprint density at radius 3 is 2.48 bits per heavy atom. The van der Waals surface area contributed by atoms with Crippen molar-refractivity contribution in [2.24, 2.45) is 0 Å². The largest absolute Gasteiger partial charge is 0.383 e. The first-order chi connectivity index (χ1) is 10.7. The van der Waals surface area contributed by atoms with Gasteiger partial charge in [-0.15, -0.1) is 0 Å². The van der Waals surface area contributed by atoms with Crippen LogP contribution in [0.5, 0.6) is 0 Å². The molecule has 3 rings (SSSR count). The molecule has 0 atom stereocenters. The van der Waals surface area contributed by atoms with Gasteiger partial charge in [0.25, 0.3) is 0 Å². The van der Waals surface area contributed by atoms with Gasteiger partial charge in [0.15, 0.2) is 0 Å². The molecule has 0 saturated carbocycles. The van der Waals surface area contributed by atoms with E-state index in [0.717, 1.165) is 22.1 Å². The first-order valence-corrected chi connectivity index (χ1v) is 8.05. The second-order valence-corrected chi connectivity index (χ2v) is 7.38. The topological polar surface area (TPSA) is 56.7 Å². The van der Waals surface area contributed by atoms with Gasteiger partial charge in [-0.3, -0.25) is 0 Å². The molecular weight excluding hydrogens is 331 g/mol. The standard InChI is InChI=1S/C17H18Cl2N4/c1-9-5-6-11(18)10(7-9)12-13-15(20)21-8-22-16(13)23(14(12)19)17(2,3)4/h5-8H,1-4H3,(H2,20,21,22). The van der Waals surface area contributed by atoms with Gasteiger partial charge >= 0.3 is 0 Å². The summed E-state index contributed by atoms with van der Waals surface area (Å²) in [5.41, 5.74) is 9.30. The number of halogens is 2. The normalized spacial score (nSPS) is 12.1. The maximum absolute atomic E-state index is 6.75. The highest BCUT2D eigenvalue weighted by Crippen LogP contribution is 2.44. The molecule has 120 valence electrons. The third-order valence-corrected chi connectivity index (χ3v) is 4.47. The van der Waals surface area contributed by atoms with E-state index in [1.165, 1.54) is 6.33 Å². The quantitative estimate of drug-likeness (QED) is 0.669. The Kier molecular flexibility index (Phi) is 3.77. The molecule has 2 aromatic heterocycles. The van der Waals surface area contributed by atoms with Crippen LogP contribution in [0.2, 0.25) is 10.2 Å². The van der Waals surface area contributed by atoms with E-state index in [1.807, 2.05) is 29.7 Å². The molecule has 4 nitrogen and oxygen atoms in total. The van der Waals surface area contributed by atoms with Gasteiger partial charge in [-0.05, 0) is 39.8 Å². The van der Waals surface area contributed by atoms with Gasteiger partial charge < -0.3 is 10.3 Å². The van der Waals surface area contributed by atoms with E-state index in [4.69, 9.17) is 28.9 Å². The average molecular weight is 349 g/mol. The fraction of sp³-hybridized carbons (Fsp3) is 0.294. The summed E-state index contributed by atoms with van der Waals surface area (Å²) >= 11 is 13.2. The van der Waals surface area contributed by atoms with Crippen LogP contribution in [0.4, 0.5) is 5.82 Å². The minimum atomic E-state index is -0.259. The van der Waals surface area contributed by atoms with E-state index in [1.54, 1.807) is 0 Å². The van der Waals surface area contributed by atoms with Gasteiger partial charge in [-0.2, -0.15) is 0 Å². The summed E-state index contributed by atoms with van der Waals surface area (Å²) < 4.78 is 1.97. The maximum Gasteiger partial charge on any atom is 0.147 e. The van der Waals surface area contributed by atoms with Crippen LogP contribution in [0.25, 0.3) is 22.2 Å². The molecular formula is C17H18Cl2N4. The lowest BCUT2D eigenvalue weighted by Gasteiger charge is -2.23. The minimum absolute atomic E-state index is 0.259.